The van der Waals surface area contributed by atoms with Gasteiger partial charge in [-0.2, -0.15) is 0 Å². The number of benzene rings is 1. The first-order valence-corrected chi connectivity index (χ1v) is 5.75. The lowest BCUT2D eigenvalue weighted by molar-refractivity contribution is -0.106. The van der Waals surface area contributed by atoms with Gasteiger partial charge < -0.3 is 21.8 Å². The molecule has 6 nitrogen and oxygen atoms in total. The molecular formula is C13H14F2N4O2. The molecule has 1 heterocycles. The minimum absolute atomic E-state index is 0.233. The van der Waals surface area contributed by atoms with E-state index in [2.05, 4.69) is 16.0 Å². The van der Waals surface area contributed by atoms with Crippen LogP contribution in [-0.4, -0.2) is 24.3 Å². The Hall–Kier alpha value is -2.90. The summed E-state index contributed by atoms with van der Waals surface area (Å²) in [4.78, 5) is 22.6. The van der Waals surface area contributed by atoms with Crippen molar-refractivity contribution in [3.63, 3.8) is 0 Å². The van der Waals surface area contributed by atoms with Gasteiger partial charge in [-0.15, -0.1) is 0 Å². The highest BCUT2D eigenvalue weighted by atomic mass is 19.1. The molecule has 8 heteroatoms. The largest absolute Gasteiger partial charge is 0.374 e. The molecule has 0 spiro atoms. The van der Waals surface area contributed by atoms with Crippen LogP contribution in [0, 0.1) is 11.6 Å². The van der Waals surface area contributed by atoms with Gasteiger partial charge >= 0.3 is 0 Å². The summed E-state index contributed by atoms with van der Waals surface area (Å²) >= 11 is 0. The number of amides is 2. The first kappa shape index (κ1) is 16.2. The molecule has 112 valence electrons. The lowest BCUT2D eigenvalue weighted by Crippen LogP contribution is -2.11. The number of halogens is 2. The summed E-state index contributed by atoms with van der Waals surface area (Å²) in [5.74, 6) is -1.60. The van der Waals surface area contributed by atoms with Crippen LogP contribution in [-0.2, 0) is 4.79 Å². The highest BCUT2D eigenvalue weighted by Crippen LogP contribution is 2.25. The van der Waals surface area contributed by atoms with E-state index in [0.717, 1.165) is 6.07 Å². The van der Waals surface area contributed by atoms with Crippen molar-refractivity contribution in [1.29, 1.82) is 0 Å². The number of rotatable bonds is 3. The summed E-state index contributed by atoms with van der Waals surface area (Å²) in [6, 6.07) is 4.56. The lowest BCUT2D eigenvalue weighted by Gasteiger charge is -2.00. The summed E-state index contributed by atoms with van der Waals surface area (Å²) in [6.45, 7) is 0. The third kappa shape index (κ3) is 4.03. The topological polar surface area (TPSA) is 114 Å². The van der Waals surface area contributed by atoms with Crippen molar-refractivity contribution >= 4 is 18.1 Å². The number of carbonyl (C=O) groups is 2. The van der Waals surface area contributed by atoms with Gasteiger partial charge in [-0.1, -0.05) is 0 Å². The zero-order chi connectivity index (χ0) is 16.0. The van der Waals surface area contributed by atoms with E-state index in [-0.39, 0.29) is 12.0 Å². The highest BCUT2D eigenvalue weighted by Gasteiger charge is 2.13. The van der Waals surface area contributed by atoms with E-state index in [4.69, 9.17) is 10.5 Å². The molecular weight excluding hydrogens is 282 g/mol. The normalized spacial score (nSPS) is 9.48. The summed E-state index contributed by atoms with van der Waals surface area (Å²) in [5.41, 5.74) is 10.3. The van der Waals surface area contributed by atoms with Crippen molar-refractivity contribution in [2.24, 2.45) is 11.5 Å². The van der Waals surface area contributed by atoms with Gasteiger partial charge in [0, 0.05) is 24.4 Å². The van der Waals surface area contributed by atoms with Gasteiger partial charge in [0.2, 0.25) is 6.41 Å². The van der Waals surface area contributed by atoms with Crippen LogP contribution in [0.2, 0.25) is 0 Å². The lowest BCUT2D eigenvalue weighted by atomic mass is 10.1. The van der Waals surface area contributed by atoms with Crippen molar-refractivity contribution in [2.45, 2.75) is 0 Å². The molecule has 2 amide bonds. The number of anilines is 1. The Morgan fingerprint density at radius 3 is 2.14 bits per heavy atom. The highest BCUT2D eigenvalue weighted by molar-refractivity contribution is 5.99. The van der Waals surface area contributed by atoms with Crippen LogP contribution in [0.4, 0.5) is 14.6 Å². The Morgan fingerprint density at radius 1 is 1.24 bits per heavy atom. The van der Waals surface area contributed by atoms with Gasteiger partial charge in [0.1, 0.15) is 17.5 Å². The van der Waals surface area contributed by atoms with Gasteiger partial charge in [-0.25, -0.2) is 8.78 Å². The minimum atomic E-state index is -0.689. The van der Waals surface area contributed by atoms with Gasteiger partial charge in [-0.05, 0) is 18.2 Å². The zero-order valence-corrected chi connectivity index (χ0v) is 11.1. The predicted molar refractivity (Wildman–Crippen MR) is 74.5 cm³/mol. The molecule has 2 rings (SSSR count). The second kappa shape index (κ2) is 7.04. The Labute approximate surface area is 119 Å². The van der Waals surface area contributed by atoms with Crippen LogP contribution in [0.15, 0.2) is 24.3 Å². The van der Waals surface area contributed by atoms with E-state index in [9.17, 15) is 13.6 Å². The van der Waals surface area contributed by atoms with Crippen LogP contribution < -0.4 is 16.8 Å². The third-order valence-corrected chi connectivity index (χ3v) is 2.51. The molecule has 0 atom stereocenters. The fraction of sp³-hybridized carbons (Fsp3) is 0.0769. The minimum Gasteiger partial charge on any atom is -0.374 e. The molecule has 0 fully saturated rings. The maximum atomic E-state index is 13.1. The standard InChI is InChI=1S/C12H11F2N3O.CH3NO/c1-16-12-9(11(15)18)5-10(17-12)6-2-7(13)4-8(14)3-6;2-1-3/h2-5,16-17H,1H3,(H2,15,18);1H,(H2,2,3). The van der Waals surface area contributed by atoms with Gasteiger partial charge in [-0.3, -0.25) is 9.59 Å². The number of nitrogens with two attached hydrogens (primary N) is 2. The van der Waals surface area contributed by atoms with E-state index in [1.165, 1.54) is 18.2 Å². The molecule has 0 aliphatic carbocycles. The average Bonchev–Trinajstić information content (AvgIpc) is 2.82. The quantitative estimate of drug-likeness (QED) is 0.638. The Kier molecular flexibility index (Phi) is 5.41. The molecule has 1 aromatic heterocycles. The van der Waals surface area contributed by atoms with Gasteiger partial charge in [0.15, 0.2) is 0 Å². The van der Waals surface area contributed by atoms with Crippen molar-refractivity contribution < 1.29 is 18.4 Å². The van der Waals surface area contributed by atoms with E-state index in [1.54, 1.807) is 7.05 Å². The van der Waals surface area contributed by atoms with E-state index < -0.39 is 17.5 Å². The maximum absolute atomic E-state index is 13.1. The third-order valence-electron chi connectivity index (χ3n) is 2.51. The number of H-pyrrole nitrogens is 1. The van der Waals surface area contributed by atoms with Crippen LogP contribution in [0.25, 0.3) is 11.3 Å². The van der Waals surface area contributed by atoms with Crippen molar-refractivity contribution in [1.82, 2.24) is 4.98 Å². The second-order valence-electron chi connectivity index (χ2n) is 3.88. The van der Waals surface area contributed by atoms with Crippen LogP contribution in [0.3, 0.4) is 0 Å². The number of carbonyl (C=O) groups excluding carboxylic acids is 2. The molecule has 0 aliphatic heterocycles. The maximum Gasteiger partial charge on any atom is 0.252 e. The van der Waals surface area contributed by atoms with E-state index >= 15 is 0 Å². The van der Waals surface area contributed by atoms with Crippen LogP contribution >= 0.6 is 0 Å². The molecule has 0 radical (unpaired) electrons. The van der Waals surface area contributed by atoms with E-state index in [0.29, 0.717) is 17.1 Å². The first-order valence-electron chi connectivity index (χ1n) is 5.75. The first-order chi connectivity index (χ1) is 9.92. The fourth-order valence-corrected chi connectivity index (χ4v) is 1.71. The smallest absolute Gasteiger partial charge is 0.252 e. The van der Waals surface area contributed by atoms with Crippen molar-refractivity contribution in [3.8, 4) is 11.3 Å². The second-order valence-corrected chi connectivity index (χ2v) is 3.88. The summed E-state index contributed by atoms with van der Waals surface area (Å²) in [6.07, 6.45) is 0.250. The molecule has 2 aromatic rings. The number of hydrogen-bond donors (Lipinski definition) is 4. The number of aromatic amines is 1. The van der Waals surface area contributed by atoms with Gasteiger partial charge in [0.25, 0.3) is 5.91 Å². The Bertz CT molecular complexity index is 635. The number of aromatic nitrogens is 1. The molecule has 0 unspecified atom stereocenters. The number of primary amides is 2. The molecule has 21 heavy (non-hydrogen) atoms. The summed E-state index contributed by atoms with van der Waals surface area (Å²) in [7, 11) is 1.61. The average molecular weight is 296 g/mol. The van der Waals surface area contributed by atoms with Crippen LogP contribution in [0.5, 0.6) is 0 Å². The van der Waals surface area contributed by atoms with Gasteiger partial charge in [0.05, 0.1) is 5.56 Å². The van der Waals surface area contributed by atoms with Crippen LogP contribution in [0.1, 0.15) is 10.4 Å². The molecule has 6 N–H and O–H groups in total. The van der Waals surface area contributed by atoms with Crippen molar-refractivity contribution in [3.05, 3.63) is 41.5 Å². The molecule has 0 aliphatic rings. The Balaban J connectivity index is 0.000000677. The molecule has 0 saturated carbocycles. The number of hydrogen-bond acceptors (Lipinski definition) is 3. The number of nitrogens with one attached hydrogen (secondary N) is 2. The SMILES string of the molecule is CNc1[nH]c(-c2cc(F)cc(F)c2)cc1C(N)=O.NC=O. The predicted octanol–water partition coefficient (Wildman–Crippen LogP) is 1.20. The summed E-state index contributed by atoms with van der Waals surface area (Å²) < 4.78 is 26.2. The summed E-state index contributed by atoms with van der Waals surface area (Å²) in [5, 5.41) is 2.75. The fourth-order valence-electron chi connectivity index (χ4n) is 1.71. The Morgan fingerprint density at radius 2 is 1.76 bits per heavy atom. The molecule has 0 saturated heterocycles. The monoisotopic (exact) mass is 296 g/mol. The van der Waals surface area contributed by atoms with Crippen molar-refractivity contribution in [2.75, 3.05) is 12.4 Å². The van der Waals surface area contributed by atoms with E-state index in [1.807, 2.05) is 0 Å². The zero-order valence-electron chi connectivity index (χ0n) is 11.1. The molecule has 1 aromatic carbocycles. The molecule has 0 bridgehead atoms.